The van der Waals surface area contributed by atoms with E-state index in [0.717, 1.165) is 30.1 Å². The van der Waals surface area contributed by atoms with E-state index in [1.807, 2.05) is 0 Å². The van der Waals surface area contributed by atoms with Gasteiger partial charge in [-0.25, -0.2) is 0 Å². The van der Waals surface area contributed by atoms with E-state index in [0.29, 0.717) is 23.5 Å². The van der Waals surface area contributed by atoms with E-state index in [4.69, 9.17) is 4.74 Å². The highest BCUT2D eigenvalue weighted by atomic mass is 16.6. The summed E-state index contributed by atoms with van der Waals surface area (Å²) in [4.78, 5) is 0. The van der Waals surface area contributed by atoms with Gasteiger partial charge in [0.1, 0.15) is 0 Å². The molecule has 8 unspecified atom stereocenters. The van der Waals surface area contributed by atoms with E-state index in [2.05, 4.69) is 20.4 Å². The van der Waals surface area contributed by atoms with E-state index < -0.39 is 0 Å². The van der Waals surface area contributed by atoms with Crippen molar-refractivity contribution in [2.75, 3.05) is 6.61 Å². The van der Waals surface area contributed by atoms with E-state index in [9.17, 15) is 5.11 Å². The number of epoxide rings is 1. The first kappa shape index (κ1) is 17.7. The topological polar surface area (TPSA) is 32.8 Å². The first-order chi connectivity index (χ1) is 12.4. The Kier molecular flexibility index (Phi) is 3.98. The van der Waals surface area contributed by atoms with Crippen LogP contribution in [0.5, 0.6) is 0 Å². The van der Waals surface area contributed by atoms with E-state index in [-0.39, 0.29) is 5.60 Å². The van der Waals surface area contributed by atoms with Gasteiger partial charge >= 0.3 is 0 Å². The molecule has 8 atom stereocenters. The maximum Gasteiger partial charge on any atom is 0.0930 e. The molecule has 2 heteroatoms. The van der Waals surface area contributed by atoms with Crippen LogP contribution in [0, 0.1) is 34.5 Å². The molecule has 5 rings (SSSR count). The molecule has 0 amide bonds. The molecule has 1 saturated heterocycles. The van der Waals surface area contributed by atoms with Crippen LogP contribution >= 0.6 is 0 Å². The molecule has 0 aromatic heterocycles. The van der Waals surface area contributed by atoms with Gasteiger partial charge in [0, 0.05) is 12.0 Å². The van der Waals surface area contributed by atoms with Crippen LogP contribution in [0.15, 0.2) is 12.2 Å². The van der Waals surface area contributed by atoms with Gasteiger partial charge in [-0.2, -0.15) is 0 Å². The van der Waals surface area contributed by atoms with E-state index in [1.165, 1.54) is 64.2 Å². The number of aliphatic hydroxyl groups excluding tert-OH is 1. The normalized spacial score (nSPS) is 55.3. The fourth-order valence-electron chi connectivity index (χ4n) is 8.49. The third-order valence-corrected chi connectivity index (χ3v) is 9.48. The van der Waals surface area contributed by atoms with Crippen molar-refractivity contribution in [3.63, 3.8) is 0 Å². The van der Waals surface area contributed by atoms with Crippen molar-refractivity contribution >= 4 is 0 Å². The Bertz CT molecular complexity index is 599. The third-order valence-electron chi connectivity index (χ3n) is 9.48. The molecule has 1 heterocycles. The molecule has 5 fully saturated rings. The largest absolute Gasteiger partial charge is 0.396 e. The maximum absolute atomic E-state index is 9.24. The van der Waals surface area contributed by atoms with Gasteiger partial charge in [-0.05, 0) is 93.8 Å². The molecule has 2 nitrogen and oxygen atoms in total. The lowest BCUT2D eigenvalue weighted by molar-refractivity contribution is -0.0930. The molecule has 1 aliphatic heterocycles. The summed E-state index contributed by atoms with van der Waals surface area (Å²) in [7, 11) is 0. The highest BCUT2D eigenvalue weighted by molar-refractivity contribution is 5.24. The maximum atomic E-state index is 9.24. The lowest BCUT2D eigenvalue weighted by Gasteiger charge is -2.61. The van der Waals surface area contributed by atoms with Crippen molar-refractivity contribution in [2.24, 2.45) is 34.5 Å². The van der Waals surface area contributed by atoms with Gasteiger partial charge < -0.3 is 9.84 Å². The van der Waals surface area contributed by atoms with Crippen LogP contribution < -0.4 is 0 Å². The van der Waals surface area contributed by atoms with E-state index >= 15 is 0 Å². The first-order valence-electron chi connectivity index (χ1n) is 11.4. The molecule has 0 radical (unpaired) electrons. The molecular weight excluding hydrogens is 320 g/mol. The van der Waals surface area contributed by atoms with Crippen molar-refractivity contribution in [1.29, 1.82) is 0 Å². The molecule has 5 aliphatic rings. The Labute approximate surface area is 159 Å². The molecule has 1 spiro atoms. The number of ether oxygens (including phenoxy) is 1. The first-order valence-corrected chi connectivity index (χ1v) is 11.4. The van der Waals surface area contributed by atoms with Gasteiger partial charge in [-0.15, -0.1) is 0 Å². The smallest absolute Gasteiger partial charge is 0.0930 e. The molecule has 146 valence electrons. The fourth-order valence-corrected chi connectivity index (χ4v) is 8.49. The monoisotopic (exact) mass is 358 g/mol. The average Bonchev–Trinajstić information content (AvgIpc) is 3.07. The summed E-state index contributed by atoms with van der Waals surface area (Å²) in [5.74, 6) is 3.33. The molecule has 4 saturated carbocycles. The zero-order valence-electron chi connectivity index (χ0n) is 16.9. The Balaban J connectivity index is 1.42. The Hall–Kier alpha value is -0.340. The van der Waals surface area contributed by atoms with Crippen LogP contribution in [-0.2, 0) is 4.74 Å². The second kappa shape index (κ2) is 5.83. The van der Waals surface area contributed by atoms with Crippen molar-refractivity contribution in [3.05, 3.63) is 12.2 Å². The summed E-state index contributed by atoms with van der Waals surface area (Å²) in [5.41, 5.74) is 2.65. The summed E-state index contributed by atoms with van der Waals surface area (Å²) >= 11 is 0. The van der Waals surface area contributed by atoms with Gasteiger partial charge in [-0.1, -0.05) is 31.9 Å². The molecule has 4 aliphatic carbocycles. The number of aliphatic hydroxyl groups is 1. The summed E-state index contributed by atoms with van der Waals surface area (Å²) in [6, 6.07) is 0. The van der Waals surface area contributed by atoms with Crippen LogP contribution in [0.25, 0.3) is 0 Å². The molecule has 0 aromatic rings. The minimum absolute atomic E-state index is 0.138. The van der Waals surface area contributed by atoms with Gasteiger partial charge in [-0.3, -0.25) is 0 Å². The number of fused-ring (bicyclic) bond motifs is 2. The minimum atomic E-state index is 0.138. The number of rotatable bonds is 3. The summed E-state index contributed by atoms with van der Waals surface area (Å²) in [5, 5.41) is 9.24. The van der Waals surface area contributed by atoms with Crippen LogP contribution in [-0.4, -0.2) is 23.4 Å². The zero-order chi connectivity index (χ0) is 18.2. The van der Waals surface area contributed by atoms with Gasteiger partial charge in [0.2, 0.25) is 0 Å². The van der Waals surface area contributed by atoms with Crippen LogP contribution in [0.3, 0.4) is 0 Å². The third kappa shape index (κ3) is 2.50. The zero-order valence-corrected chi connectivity index (χ0v) is 16.9. The molecular formula is C24H38O2. The Morgan fingerprint density at radius 1 is 1.15 bits per heavy atom. The van der Waals surface area contributed by atoms with E-state index in [1.54, 1.807) is 5.57 Å². The van der Waals surface area contributed by atoms with Crippen LogP contribution in [0.4, 0.5) is 0 Å². The number of hydrogen-bond donors (Lipinski definition) is 1. The molecule has 1 N–H and O–H groups in total. The standard InChI is InChI=1S/C24H38O2/c1-16-12-24(10-8-17(13-24)6-5-11-25)21-23(3,26-21)14-18-7-4-9-22(2)15-19(16)20(18)22/h17-21,25H,1,4-15H2,2-3H3. The number of hydrogen-bond acceptors (Lipinski definition) is 2. The summed E-state index contributed by atoms with van der Waals surface area (Å²) in [6.07, 6.45) is 14.8. The Morgan fingerprint density at radius 2 is 2.00 bits per heavy atom. The lowest BCUT2D eigenvalue weighted by atomic mass is 9.44. The van der Waals surface area contributed by atoms with Crippen molar-refractivity contribution in [2.45, 2.75) is 96.2 Å². The van der Waals surface area contributed by atoms with Crippen LogP contribution in [0.2, 0.25) is 0 Å². The molecule has 0 bridgehead atoms. The average molecular weight is 359 g/mol. The second-order valence-corrected chi connectivity index (χ2v) is 11.3. The quantitative estimate of drug-likeness (QED) is 0.534. The predicted octanol–water partition coefficient (Wildman–Crippen LogP) is 5.50. The fraction of sp³-hybridized carbons (Fsp3) is 0.917. The van der Waals surface area contributed by atoms with Gasteiger partial charge in [0.15, 0.2) is 0 Å². The van der Waals surface area contributed by atoms with Crippen molar-refractivity contribution < 1.29 is 9.84 Å². The van der Waals surface area contributed by atoms with Crippen molar-refractivity contribution in [3.8, 4) is 0 Å². The summed E-state index contributed by atoms with van der Waals surface area (Å²) in [6.45, 7) is 10.0. The lowest BCUT2D eigenvalue weighted by Crippen LogP contribution is -2.53. The molecule has 0 aromatic carbocycles. The number of allylic oxidation sites excluding steroid dienone is 1. The van der Waals surface area contributed by atoms with Gasteiger partial charge in [0.25, 0.3) is 0 Å². The summed E-state index contributed by atoms with van der Waals surface area (Å²) < 4.78 is 6.56. The predicted molar refractivity (Wildman–Crippen MR) is 105 cm³/mol. The van der Waals surface area contributed by atoms with Gasteiger partial charge in [0.05, 0.1) is 11.7 Å². The molecule has 26 heavy (non-hydrogen) atoms. The minimum Gasteiger partial charge on any atom is -0.396 e. The van der Waals surface area contributed by atoms with Crippen LogP contribution in [0.1, 0.15) is 84.5 Å². The SMILES string of the molecule is C=C1CC2(CCC(CCCO)C2)C2OC2(C)CC2CCCC3(C)CC1C23. The Morgan fingerprint density at radius 3 is 2.81 bits per heavy atom. The highest BCUT2D eigenvalue weighted by Crippen LogP contribution is 2.70. The second-order valence-electron chi connectivity index (χ2n) is 11.3. The van der Waals surface area contributed by atoms with Crippen molar-refractivity contribution in [1.82, 2.24) is 0 Å². The highest BCUT2D eigenvalue weighted by Gasteiger charge is 2.68.